The van der Waals surface area contributed by atoms with Gasteiger partial charge in [-0.2, -0.15) is 9.78 Å². The number of ether oxygens (including phenoxy) is 3. The zero-order valence-corrected chi connectivity index (χ0v) is 18.3. The van der Waals surface area contributed by atoms with Gasteiger partial charge in [0, 0.05) is 5.56 Å². The lowest BCUT2D eigenvalue weighted by Crippen LogP contribution is -2.06. The van der Waals surface area contributed by atoms with E-state index in [0.29, 0.717) is 28.2 Å². The summed E-state index contributed by atoms with van der Waals surface area (Å²) in [6.07, 6.45) is 0.302. The van der Waals surface area contributed by atoms with Crippen molar-refractivity contribution in [2.75, 3.05) is 20.5 Å². The average Bonchev–Trinajstić information content (AvgIpc) is 3.24. The van der Waals surface area contributed by atoms with Gasteiger partial charge in [-0.1, -0.05) is 23.9 Å². The van der Waals surface area contributed by atoms with Crippen molar-refractivity contribution in [1.29, 1.82) is 0 Å². The van der Waals surface area contributed by atoms with E-state index in [1.54, 1.807) is 48.7 Å². The molecule has 0 radical (unpaired) electrons. The van der Waals surface area contributed by atoms with Crippen molar-refractivity contribution in [3.05, 3.63) is 65.0 Å². The molecule has 8 nitrogen and oxygen atoms in total. The van der Waals surface area contributed by atoms with Crippen LogP contribution in [0.5, 0.6) is 11.5 Å². The summed E-state index contributed by atoms with van der Waals surface area (Å²) in [6.45, 7) is 0.0871. The van der Waals surface area contributed by atoms with Gasteiger partial charge in [0.1, 0.15) is 23.7 Å². The summed E-state index contributed by atoms with van der Waals surface area (Å²) in [6, 6.07) is 11.9. The number of alkyl halides is 2. The van der Waals surface area contributed by atoms with E-state index in [4.69, 9.17) is 14.2 Å². The van der Waals surface area contributed by atoms with Crippen LogP contribution in [0.1, 0.15) is 33.7 Å². The molecule has 1 aromatic heterocycles. The molecule has 3 aromatic rings. The van der Waals surface area contributed by atoms with E-state index in [2.05, 4.69) is 15.3 Å². The molecule has 0 spiro atoms. The van der Waals surface area contributed by atoms with E-state index >= 15 is 0 Å². The van der Waals surface area contributed by atoms with Gasteiger partial charge in [0.25, 0.3) is 6.43 Å². The fraction of sp³-hybridized carbons (Fsp3) is 0.238. The van der Waals surface area contributed by atoms with Crippen LogP contribution in [0.15, 0.2) is 52.7 Å². The molecule has 1 heterocycles. The Hall–Kier alpha value is -3.47. The number of nitrogens with zero attached hydrogens (tertiary/aromatic N) is 4. The molecule has 0 aliphatic heterocycles. The van der Waals surface area contributed by atoms with Gasteiger partial charge in [0.05, 0.1) is 20.4 Å². The van der Waals surface area contributed by atoms with Crippen LogP contribution in [0.4, 0.5) is 8.78 Å². The molecule has 0 atom stereocenters. The molecule has 0 saturated carbocycles. The predicted octanol–water partition coefficient (Wildman–Crippen LogP) is 4.19. The third-order valence-corrected chi connectivity index (χ3v) is 4.94. The van der Waals surface area contributed by atoms with Crippen LogP contribution in [-0.4, -0.2) is 47.5 Å². The molecule has 0 aliphatic rings. The fourth-order valence-electron chi connectivity index (χ4n) is 2.79. The number of aromatic nitrogens is 3. The zero-order chi connectivity index (χ0) is 23.1. The van der Waals surface area contributed by atoms with Gasteiger partial charge in [-0.3, -0.25) is 0 Å². The van der Waals surface area contributed by atoms with Crippen LogP contribution in [0, 0.1) is 0 Å². The third kappa shape index (κ3) is 5.22. The number of hydrogen-bond acceptors (Lipinski definition) is 8. The maximum atomic E-state index is 13.2. The van der Waals surface area contributed by atoms with Crippen LogP contribution < -0.4 is 9.47 Å². The van der Waals surface area contributed by atoms with E-state index in [-0.39, 0.29) is 11.8 Å². The molecule has 0 unspecified atom stereocenters. The molecule has 0 bridgehead atoms. The van der Waals surface area contributed by atoms with Crippen LogP contribution in [0.3, 0.4) is 0 Å². The Kier molecular flexibility index (Phi) is 7.77. The summed E-state index contributed by atoms with van der Waals surface area (Å²) >= 11 is 1.15. The molecule has 32 heavy (non-hydrogen) atoms. The molecule has 0 fully saturated rings. The molecule has 168 valence electrons. The van der Waals surface area contributed by atoms with E-state index in [1.807, 2.05) is 0 Å². The summed E-state index contributed by atoms with van der Waals surface area (Å²) < 4.78 is 43.3. The largest absolute Gasteiger partial charge is 0.496 e. The lowest BCUT2D eigenvalue weighted by Gasteiger charge is -2.13. The number of esters is 1. The first-order chi connectivity index (χ1) is 15.5. The lowest BCUT2D eigenvalue weighted by atomic mass is 10.1. The summed E-state index contributed by atoms with van der Waals surface area (Å²) in [5.74, 6) is -0.139. The second-order valence-electron chi connectivity index (χ2n) is 6.25. The highest BCUT2D eigenvalue weighted by atomic mass is 32.2. The first-order valence-electron chi connectivity index (χ1n) is 9.27. The van der Waals surface area contributed by atoms with Crippen LogP contribution >= 0.6 is 11.8 Å². The number of para-hydroxylation sites is 1. The van der Waals surface area contributed by atoms with Crippen molar-refractivity contribution in [3.8, 4) is 11.5 Å². The summed E-state index contributed by atoms with van der Waals surface area (Å²) in [7, 11) is 2.81. The number of carbonyl (C=O) groups excluding carboxylic acids is 1. The maximum absolute atomic E-state index is 13.2. The predicted molar refractivity (Wildman–Crippen MR) is 115 cm³/mol. The first-order valence-corrected chi connectivity index (χ1v) is 10.5. The molecule has 0 saturated heterocycles. The molecule has 0 aliphatic carbocycles. The lowest BCUT2D eigenvalue weighted by molar-refractivity contribution is 0.0595. The van der Waals surface area contributed by atoms with E-state index in [1.165, 1.54) is 20.4 Å². The Morgan fingerprint density at radius 3 is 2.66 bits per heavy atom. The highest BCUT2D eigenvalue weighted by Gasteiger charge is 2.19. The third-order valence-electron chi connectivity index (χ3n) is 4.32. The van der Waals surface area contributed by atoms with Gasteiger partial charge in [0.2, 0.25) is 11.0 Å². The molecule has 0 amide bonds. The molecule has 3 rings (SSSR count). The van der Waals surface area contributed by atoms with Crippen molar-refractivity contribution >= 4 is 23.9 Å². The summed E-state index contributed by atoms with van der Waals surface area (Å²) in [5.41, 5.74) is 1.58. The van der Waals surface area contributed by atoms with Gasteiger partial charge in [0.15, 0.2) is 0 Å². The first kappa shape index (κ1) is 23.2. The molecule has 11 heteroatoms. The van der Waals surface area contributed by atoms with Crippen molar-refractivity contribution in [3.63, 3.8) is 0 Å². The monoisotopic (exact) mass is 462 g/mol. The average molecular weight is 462 g/mol. The standard InChI is InChI=1S/C21H20F2N4O4S/c1-29-16-9-8-13(11-24-27-19(18(22)23)25-26-21(27)32-3)10-14(16)12-31-17-7-5-4-6-15(17)20(28)30-2/h4-11,18H,12H2,1-3H3. The highest BCUT2D eigenvalue weighted by molar-refractivity contribution is 7.98. The number of halogens is 2. The van der Waals surface area contributed by atoms with Crippen molar-refractivity contribution < 1.29 is 27.8 Å². The van der Waals surface area contributed by atoms with Crippen LogP contribution in [-0.2, 0) is 11.3 Å². The smallest absolute Gasteiger partial charge is 0.341 e. The Bertz CT molecular complexity index is 1120. The molecule has 0 N–H and O–H groups in total. The van der Waals surface area contributed by atoms with Gasteiger partial charge in [-0.15, -0.1) is 10.2 Å². The number of hydrogen-bond donors (Lipinski definition) is 0. The number of benzene rings is 2. The van der Waals surface area contributed by atoms with Gasteiger partial charge < -0.3 is 14.2 Å². The minimum atomic E-state index is -2.81. The van der Waals surface area contributed by atoms with Gasteiger partial charge in [-0.05, 0) is 42.2 Å². The molecular formula is C21H20F2N4O4S. The van der Waals surface area contributed by atoms with E-state index in [9.17, 15) is 13.6 Å². The highest BCUT2D eigenvalue weighted by Crippen LogP contribution is 2.25. The van der Waals surface area contributed by atoms with E-state index in [0.717, 1.165) is 16.4 Å². The molecular weight excluding hydrogens is 442 g/mol. The van der Waals surface area contributed by atoms with Crippen molar-refractivity contribution in [2.45, 2.75) is 18.2 Å². The van der Waals surface area contributed by atoms with Gasteiger partial charge >= 0.3 is 5.97 Å². The Balaban J connectivity index is 1.85. The maximum Gasteiger partial charge on any atom is 0.341 e. The zero-order valence-electron chi connectivity index (χ0n) is 17.5. The summed E-state index contributed by atoms with van der Waals surface area (Å²) in [4.78, 5) is 11.9. The van der Waals surface area contributed by atoms with E-state index < -0.39 is 18.2 Å². The van der Waals surface area contributed by atoms with Crippen molar-refractivity contribution in [2.24, 2.45) is 5.10 Å². The minimum absolute atomic E-state index is 0.0871. The Labute approximate surface area is 187 Å². The van der Waals surface area contributed by atoms with Crippen LogP contribution in [0.25, 0.3) is 0 Å². The number of rotatable bonds is 9. The number of thioether (sulfide) groups is 1. The summed E-state index contributed by atoms with van der Waals surface area (Å²) in [5, 5.41) is 11.6. The van der Waals surface area contributed by atoms with Crippen LogP contribution in [0.2, 0.25) is 0 Å². The Morgan fingerprint density at radius 1 is 1.19 bits per heavy atom. The second kappa shape index (κ2) is 10.7. The second-order valence-corrected chi connectivity index (χ2v) is 7.02. The topological polar surface area (TPSA) is 87.8 Å². The molecule has 2 aromatic carbocycles. The van der Waals surface area contributed by atoms with Gasteiger partial charge in [-0.25, -0.2) is 13.6 Å². The minimum Gasteiger partial charge on any atom is -0.496 e. The number of methoxy groups -OCH3 is 2. The fourth-order valence-corrected chi connectivity index (χ4v) is 3.23. The van der Waals surface area contributed by atoms with Crippen molar-refractivity contribution in [1.82, 2.24) is 14.9 Å². The number of carbonyl (C=O) groups is 1. The SMILES string of the molecule is COC(=O)c1ccccc1OCc1cc(C=Nn2c(SC)nnc2C(F)F)ccc1OC. The quantitative estimate of drug-likeness (QED) is 0.268. The Morgan fingerprint density at radius 2 is 1.97 bits per heavy atom. The normalized spacial score (nSPS) is 11.2.